The number of ether oxygens (including phenoxy) is 3. The highest BCUT2D eigenvalue weighted by Crippen LogP contribution is 2.34. The minimum atomic E-state index is -0.521. The third-order valence-corrected chi connectivity index (χ3v) is 6.19. The molecule has 9 heteroatoms. The Labute approximate surface area is 196 Å². The van der Waals surface area contributed by atoms with E-state index >= 15 is 0 Å². The molecule has 5 rings (SSSR count). The van der Waals surface area contributed by atoms with Crippen LogP contribution in [0.15, 0.2) is 53.1 Å². The lowest BCUT2D eigenvalue weighted by Gasteiger charge is -2.31. The largest absolute Gasteiger partial charge is 0.454 e. The van der Waals surface area contributed by atoms with Crippen LogP contribution in [0.3, 0.4) is 0 Å². The van der Waals surface area contributed by atoms with Crippen LogP contribution in [0, 0.1) is 5.82 Å². The van der Waals surface area contributed by atoms with Crippen molar-refractivity contribution in [1.82, 2.24) is 10.1 Å². The predicted octanol–water partition coefficient (Wildman–Crippen LogP) is 5.07. The van der Waals surface area contributed by atoms with E-state index in [1.165, 1.54) is 12.1 Å². The molecule has 3 heterocycles. The Balaban J connectivity index is 1.03. The minimum Gasteiger partial charge on any atom is -0.454 e. The molecule has 1 N–H and O–H groups in total. The van der Waals surface area contributed by atoms with Gasteiger partial charge in [0.2, 0.25) is 6.79 Å². The monoisotopic (exact) mass is 467 g/mol. The van der Waals surface area contributed by atoms with Gasteiger partial charge < -0.3 is 18.7 Å². The molecule has 1 aromatic heterocycles. The Morgan fingerprint density at radius 2 is 2.00 bits per heavy atom. The molecular weight excluding hydrogens is 441 g/mol. The number of hydrogen-bond donors (Lipinski definition) is 1. The van der Waals surface area contributed by atoms with E-state index in [0.717, 1.165) is 49.1 Å². The molecule has 8 nitrogen and oxygen atoms in total. The van der Waals surface area contributed by atoms with Crippen molar-refractivity contribution in [2.75, 3.05) is 38.4 Å². The lowest BCUT2D eigenvalue weighted by Crippen LogP contribution is -2.34. The van der Waals surface area contributed by atoms with E-state index in [4.69, 9.17) is 18.7 Å². The first-order valence-corrected chi connectivity index (χ1v) is 11.3. The van der Waals surface area contributed by atoms with Crippen LogP contribution in [-0.4, -0.2) is 49.2 Å². The van der Waals surface area contributed by atoms with Crippen molar-refractivity contribution in [3.63, 3.8) is 0 Å². The molecule has 0 bridgehead atoms. The summed E-state index contributed by atoms with van der Waals surface area (Å²) in [6.07, 6.45) is 1.96. The second kappa shape index (κ2) is 9.72. The molecule has 1 fully saturated rings. The van der Waals surface area contributed by atoms with E-state index < -0.39 is 6.09 Å². The maximum atomic E-state index is 13.4. The number of halogens is 1. The van der Waals surface area contributed by atoms with E-state index in [0.29, 0.717) is 35.1 Å². The molecule has 0 aliphatic carbocycles. The summed E-state index contributed by atoms with van der Waals surface area (Å²) in [5, 5.41) is 7.78. The number of aromatic nitrogens is 1. The minimum absolute atomic E-state index is 0.182. The number of likely N-dealkylation sites (tertiary alicyclic amines) is 1. The van der Waals surface area contributed by atoms with Gasteiger partial charge in [-0.1, -0.05) is 17.3 Å². The van der Waals surface area contributed by atoms with Crippen molar-refractivity contribution in [1.29, 1.82) is 0 Å². The molecule has 34 heavy (non-hydrogen) atoms. The normalized spacial score (nSPS) is 16.0. The van der Waals surface area contributed by atoms with Gasteiger partial charge in [-0.15, -0.1) is 0 Å². The fourth-order valence-electron chi connectivity index (χ4n) is 4.40. The van der Waals surface area contributed by atoms with Crippen molar-refractivity contribution in [2.24, 2.45) is 0 Å². The Morgan fingerprint density at radius 3 is 2.85 bits per heavy atom. The first-order chi connectivity index (χ1) is 16.5. The van der Waals surface area contributed by atoms with Crippen molar-refractivity contribution in [3.05, 3.63) is 60.1 Å². The molecule has 1 saturated heterocycles. The quantitative estimate of drug-likeness (QED) is 0.486. The number of carbonyl (C=O) groups excluding carboxylic acids is 1. The van der Waals surface area contributed by atoms with E-state index in [1.54, 1.807) is 24.3 Å². The molecule has 2 aliphatic rings. The summed E-state index contributed by atoms with van der Waals surface area (Å²) in [4.78, 5) is 14.4. The maximum absolute atomic E-state index is 13.4. The van der Waals surface area contributed by atoms with Gasteiger partial charge in [0.1, 0.15) is 5.82 Å². The fourth-order valence-corrected chi connectivity index (χ4v) is 4.40. The zero-order chi connectivity index (χ0) is 23.5. The van der Waals surface area contributed by atoms with Crippen LogP contribution in [0.2, 0.25) is 0 Å². The number of rotatable bonds is 7. The lowest BCUT2D eigenvalue weighted by molar-refractivity contribution is 0.161. The van der Waals surface area contributed by atoms with Crippen molar-refractivity contribution in [2.45, 2.75) is 25.2 Å². The van der Waals surface area contributed by atoms with E-state index in [9.17, 15) is 9.18 Å². The molecule has 178 valence electrons. The highest BCUT2D eigenvalue weighted by atomic mass is 19.1. The molecule has 0 unspecified atom stereocenters. The number of hydrogen-bond acceptors (Lipinski definition) is 7. The smallest absolute Gasteiger partial charge is 0.411 e. The standard InChI is InChI=1S/C25H26FN3O5/c1-16(8-11-31-25(30)27-19-3-5-21-23(13-19)33-15-32-21)14-29-9-6-17(7-10-29)24-20-4-2-18(26)12-22(20)34-28-24/h2-5,12-13,17H,1,6-11,14-15H2,(H,27,30). The summed E-state index contributed by atoms with van der Waals surface area (Å²) in [6, 6.07) is 9.74. The highest BCUT2D eigenvalue weighted by molar-refractivity contribution is 5.85. The fraction of sp³-hybridized carbons (Fsp3) is 0.360. The summed E-state index contributed by atoms with van der Waals surface area (Å²) in [5.41, 5.74) is 3.00. The average Bonchev–Trinajstić information content (AvgIpc) is 3.46. The number of amides is 1. The summed E-state index contributed by atoms with van der Waals surface area (Å²) in [6.45, 7) is 7.15. The summed E-state index contributed by atoms with van der Waals surface area (Å²) in [7, 11) is 0. The van der Waals surface area contributed by atoms with Crippen LogP contribution < -0.4 is 14.8 Å². The Bertz CT molecular complexity index is 1200. The van der Waals surface area contributed by atoms with Crippen LogP contribution in [0.5, 0.6) is 11.5 Å². The predicted molar refractivity (Wildman–Crippen MR) is 124 cm³/mol. The highest BCUT2D eigenvalue weighted by Gasteiger charge is 2.25. The molecule has 0 radical (unpaired) electrons. The van der Waals surface area contributed by atoms with Gasteiger partial charge in [-0.3, -0.25) is 10.2 Å². The molecule has 3 aromatic rings. The number of carbonyl (C=O) groups is 1. The maximum Gasteiger partial charge on any atom is 0.411 e. The molecular formula is C25H26FN3O5. The van der Waals surface area contributed by atoms with Crippen LogP contribution in [0.1, 0.15) is 30.9 Å². The van der Waals surface area contributed by atoms with E-state index in [2.05, 4.69) is 22.0 Å². The van der Waals surface area contributed by atoms with Crippen molar-refractivity contribution >= 4 is 22.7 Å². The first kappa shape index (κ1) is 22.2. The van der Waals surface area contributed by atoms with Gasteiger partial charge >= 0.3 is 6.09 Å². The Morgan fingerprint density at radius 1 is 1.18 bits per heavy atom. The third-order valence-electron chi connectivity index (χ3n) is 6.19. The molecule has 1 amide bonds. The van der Waals surface area contributed by atoms with Crippen LogP contribution in [0.25, 0.3) is 11.0 Å². The van der Waals surface area contributed by atoms with E-state index in [1.807, 2.05) is 0 Å². The zero-order valence-corrected chi connectivity index (χ0v) is 18.7. The van der Waals surface area contributed by atoms with Crippen molar-refractivity contribution in [3.8, 4) is 11.5 Å². The topological polar surface area (TPSA) is 86.1 Å². The zero-order valence-electron chi connectivity index (χ0n) is 18.7. The summed E-state index contributed by atoms with van der Waals surface area (Å²) >= 11 is 0. The van der Waals surface area contributed by atoms with Gasteiger partial charge in [0.15, 0.2) is 17.1 Å². The number of nitrogens with one attached hydrogen (secondary N) is 1. The van der Waals surface area contributed by atoms with Crippen molar-refractivity contribution < 1.29 is 27.9 Å². The second-order valence-corrected chi connectivity index (χ2v) is 8.59. The van der Waals surface area contributed by atoms with Crippen LogP contribution >= 0.6 is 0 Å². The number of piperidine rings is 1. The SMILES string of the molecule is C=C(CCOC(=O)Nc1ccc2c(c1)OCO2)CN1CCC(c2noc3cc(F)ccc23)CC1. The summed E-state index contributed by atoms with van der Waals surface area (Å²) < 4.78 is 34.6. The molecule has 2 aliphatic heterocycles. The number of nitrogens with zero attached hydrogens (tertiary/aromatic N) is 2. The third kappa shape index (κ3) is 4.99. The second-order valence-electron chi connectivity index (χ2n) is 8.59. The van der Waals surface area contributed by atoms with Crippen LogP contribution in [0.4, 0.5) is 14.9 Å². The number of fused-ring (bicyclic) bond motifs is 2. The number of benzene rings is 2. The molecule has 0 spiro atoms. The van der Waals surface area contributed by atoms with Gasteiger partial charge in [0.25, 0.3) is 0 Å². The van der Waals surface area contributed by atoms with Gasteiger partial charge in [0.05, 0.1) is 12.3 Å². The Kier molecular flexibility index (Phi) is 6.35. The average molecular weight is 467 g/mol. The van der Waals surface area contributed by atoms with Crippen LogP contribution in [-0.2, 0) is 4.74 Å². The molecule has 2 aromatic carbocycles. The number of anilines is 1. The van der Waals surface area contributed by atoms with Gasteiger partial charge in [-0.05, 0) is 50.2 Å². The van der Waals surface area contributed by atoms with Gasteiger partial charge in [0, 0.05) is 42.1 Å². The Hall–Kier alpha value is -3.59. The van der Waals surface area contributed by atoms with Gasteiger partial charge in [-0.2, -0.15) is 0 Å². The van der Waals surface area contributed by atoms with Gasteiger partial charge in [-0.25, -0.2) is 9.18 Å². The lowest BCUT2D eigenvalue weighted by atomic mass is 9.91. The molecule has 0 saturated carbocycles. The summed E-state index contributed by atoms with van der Waals surface area (Å²) in [5.74, 6) is 1.22. The van der Waals surface area contributed by atoms with E-state index in [-0.39, 0.29) is 19.2 Å². The first-order valence-electron chi connectivity index (χ1n) is 11.3. The molecule has 0 atom stereocenters.